The lowest BCUT2D eigenvalue weighted by Crippen LogP contribution is -2.38. The highest BCUT2D eigenvalue weighted by atomic mass is 35.5. The Hall–Kier alpha value is -1.72. The van der Waals surface area contributed by atoms with Crippen molar-refractivity contribution in [1.82, 2.24) is 5.32 Å². The number of rotatable bonds is 4. The number of hydrogen-bond acceptors (Lipinski definition) is 2. The van der Waals surface area contributed by atoms with Crippen molar-refractivity contribution in [3.05, 3.63) is 67.7 Å². The summed E-state index contributed by atoms with van der Waals surface area (Å²) in [5.41, 5.74) is -0.0501. The fourth-order valence-electron chi connectivity index (χ4n) is 2.04. The number of anilines is 1. The van der Waals surface area contributed by atoms with Crippen molar-refractivity contribution in [2.45, 2.75) is 20.8 Å². The Bertz CT molecular complexity index is 929. The fourth-order valence-corrected chi connectivity index (χ4v) is 2.89. The van der Waals surface area contributed by atoms with E-state index >= 15 is 0 Å². The Labute approximate surface area is 183 Å². The van der Waals surface area contributed by atoms with E-state index in [1.807, 2.05) is 0 Å². The molecule has 0 atom stereocenters. The van der Waals surface area contributed by atoms with Crippen LogP contribution in [-0.4, -0.2) is 11.8 Å². The van der Waals surface area contributed by atoms with Gasteiger partial charge >= 0.3 is 0 Å². The Morgan fingerprint density at radius 1 is 0.929 bits per heavy atom. The molecule has 0 saturated carbocycles. The van der Waals surface area contributed by atoms with Gasteiger partial charge in [0.25, 0.3) is 5.91 Å². The van der Waals surface area contributed by atoms with E-state index in [1.165, 1.54) is 12.1 Å². The van der Waals surface area contributed by atoms with Crippen molar-refractivity contribution in [1.29, 1.82) is 0 Å². The van der Waals surface area contributed by atoms with Crippen molar-refractivity contribution in [3.8, 4) is 0 Å². The molecule has 0 aliphatic carbocycles. The predicted molar refractivity (Wildman–Crippen MR) is 117 cm³/mol. The van der Waals surface area contributed by atoms with Gasteiger partial charge < -0.3 is 10.6 Å². The van der Waals surface area contributed by atoms with E-state index in [1.54, 1.807) is 51.1 Å². The molecule has 0 aliphatic heterocycles. The van der Waals surface area contributed by atoms with Crippen LogP contribution in [0.3, 0.4) is 0 Å². The third-order valence-electron chi connectivity index (χ3n) is 3.64. The summed E-state index contributed by atoms with van der Waals surface area (Å²) < 4.78 is 0. The summed E-state index contributed by atoms with van der Waals surface area (Å²) in [6.45, 7) is 5.19. The van der Waals surface area contributed by atoms with E-state index in [9.17, 15) is 9.59 Å². The summed E-state index contributed by atoms with van der Waals surface area (Å²) >= 11 is 24.5. The molecule has 2 aromatic rings. The average molecular weight is 460 g/mol. The molecule has 0 unspecified atom stereocenters. The number of carbonyl (C=O) groups is 2. The molecule has 2 amide bonds. The van der Waals surface area contributed by atoms with Crippen molar-refractivity contribution in [3.63, 3.8) is 0 Å². The van der Waals surface area contributed by atoms with E-state index in [-0.39, 0.29) is 11.6 Å². The van der Waals surface area contributed by atoms with Crippen LogP contribution in [0.15, 0.2) is 42.1 Å². The molecule has 4 nitrogen and oxygen atoms in total. The molecule has 2 N–H and O–H groups in total. The van der Waals surface area contributed by atoms with Crippen LogP contribution in [0.1, 0.15) is 26.3 Å². The number of benzene rings is 2. The second-order valence-corrected chi connectivity index (χ2v) is 8.63. The topological polar surface area (TPSA) is 58.2 Å². The second-order valence-electron chi connectivity index (χ2n) is 6.98. The van der Waals surface area contributed by atoms with Crippen LogP contribution in [-0.2, 0) is 9.59 Å². The van der Waals surface area contributed by atoms with Gasteiger partial charge in [0.15, 0.2) is 0 Å². The smallest absolute Gasteiger partial charge is 0.272 e. The maximum atomic E-state index is 12.9. The molecule has 0 aliphatic rings. The first kappa shape index (κ1) is 22.6. The van der Waals surface area contributed by atoms with Crippen LogP contribution in [0.2, 0.25) is 20.1 Å². The molecular formula is C20H18Cl4N2O2. The molecule has 0 fully saturated rings. The lowest BCUT2D eigenvalue weighted by molar-refractivity contribution is -0.128. The number of nitrogens with one attached hydrogen (secondary N) is 2. The van der Waals surface area contributed by atoms with Gasteiger partial charge in [-0.05, 0) is 36.4 Å². The minimum atomic E-state index is -0.725. The minimum absolute atomic E-state index is 0.0361. The highest BCUT2D eigenvalue weighted by Gasteiger charge is 2.25. The number of amides is 2. The van der Waals surface area contributed by atoms with Gasteiger partial charge in [-0.15, -0.1) is 0 Å². The van der Waals surface area contributed by atoms with Gasteiger partial charge in [-0.25, -0.2) is 0 Å². The minimum Gasteiger partial charge on any atom is -0.321 e. The summed E-state index contributed by atoms with van der Waals surface area (Å²) in [5, 5.41) is 6.65. The third-order valence-corrected chi connectivity index (χ3v) is 4.86. The van der Waals surface area contributed by atoms with Gasteiger partial charge in [-0.2, -0.15) is 0 Å². The molecule has 8 heteroatoms. The Morgan fingerprint density at radius 2 is 1.54 bits per heavy atom. The quantitative estimate of drug-likeness (QED) is 0.516. The van der Waals surface area contributed by atoms with E-state index in [0.717, 1.165) is 0 Å². The second kappa shape index (κ2) is 9.19. The van der Waals surface area contributed by atoms with Crippen LogP contribution >= 0.6 is 46.4 Å². The SMILES string of the molecule is CC(C)(C)C(=O)N/C(=C/c1c(Cl)cccc1Cl)C(=O)Nc1cc(Cl)ccc1Cl. The highest BCUT2D eigenvalue weighted by molar-refractivity contribution is 6.38. The third kappa shape index (κ3) is 5.89. The molecular weight excluding hydrogens is 442 g/mol. The number of hydrogen-bond donors (Lipinski definition) is 2. The molecule has 28 heavy (non-hydrogen) atoms. The van der Waals surface area contributed by atoms with E-state index in [4.69, 9.17) is 46.4 Å². The Morgan fingerprint density at radius 3 is 2.11 bits per heavy atom. The molecule has 0 aromatic heterocycles. The van der Waals surface area contributed by atoms with Gasteiger partial charge in [0.05, 0.1) is 10.7 Å². The van der Waals surface area contributed by atoms with Crippen LogP contribution < -0.4 is 10.6 Å². The van der Waals surface area contributed by atoms with E-state index in [0.29, 0.717) is 31.3 Å². The molecule has 0 spiro atoms. The summed E-state index contributed by atoms with van der Waals surface area (Å²) in [7, 11) is 0. The van der Waals surface area contributed by atoms with Gasteiger partial charge in [0, 0.05) is 26.0 Å². The first-order valence-corrected chi connectivity index (χ1v) is 9.74. The molecule has 148 valence electrons. The summed E-state index contributed by atoms with van der Waals surface area (Å²) in [4.78, 5) is 25.4. The summed E-state index contributed by atoms with van der Waals surface area (Å²) in [5.74, 6) is -0.952. The first-order valence-electron chi connectivity index (χ1n) is 8.22. The normalized spacial score (nSPS) is 11.9. The van der Waals surface area contributed by atoms with Gasteiger partial charge in [0.1, 0.15) is 5.70 Å². The molecule has 0 radical (unpaired) electrons. The van der Waals surface area contributed by atoms with Crippen LogP contribution in [0, 0.1) is 5.41 Å². The number of carbonyl (C=O) groups excluding carboxylic acids is 2. The van der Waals surface area contributed by atoms with E-state index < -0.39 is 11.3 Å². The lowest BCUT2D eigenvalue weighted by atomic mass is 9.95. The lowest BCUT2D eigenvalue weighted by Gasteiger charge is -2.19. The van der Waals surface area contributed by atoms with Crippen molar-refractivity contribution in [2.24, 2.45) is 5.41 Å². The zero-order valence-corrected chi connectivity index (χ0v) is 18.4. The van der Waals surface area contributed by atoms with Crippen molar-refractivity contribution < 1.29 is 9.59 Å². The van der Waals surface area contributed by atoms with Crippen LogP contribution in [0.25, 0.3) is 6.08 Å². The molecule has 0 saturated heterocycles. The maximum Gasteiger partial charge on any atom is 0.272 e. The standard InChI is InChI=1S/C20H18Cl4N2O2/c1-20(2,3)19(28)26-17(10-12-13(22)5-4-6-14(12)23)18(27)25-16-9-11(21)7-8-15(16)24/h4-10H,1-3H3,(H,25,27)(H,26,28)/b17-10+. The van der Waals surface area contributed by atoms with E-state index in [2.05, 4.69) is 10.6 Å². The average Bonchev–Trinajstić information content (AvgIpc) is 2.59. The molecule has 2 aromatic carbocycles. The zero-order chi connectivity index (χ0) is 21.1. The maximum absolute atomic E-state index is 12.9. The number of halogens is 4. The molecule has 0 bridgehead atoms. The van der Waals surface area contributed by atoms with Crippen molar-refractivity contribution in [2.75, 3.05) is 5.32 Å². The highest BCUT2D eigenvalue weighted by Crippen LogP contribution is 2.28. The molecule has 2 rings (SSSR count). The Kier molecular flexibility index (Phi) is 7.40. The molecule has 0 heterocycles. The van der Waals surface area contributed by atoms with Gasteiger partial charge in [-0.3, -0.25) is 9.59 Å². The van der Waals surface area contributed by atoms with Crippen LogP contribution in [0.5, 0.6) is 0 Å². The summed E-state index contributed by atoms with van der Waals surface area (Å²) in [6.07, 6.45) is 1.42. The monoisotopic (exact) mass is 458 g/mol. The Balaban J connectivity index is 2.45. The van der Waals surface area contributed by atoms with Gasteiger partial charge in [0.2, 0.25) is 5.91 Å². The van der Waals surface area contributed by atoms with Crippen molar-refractivity contribution >= 4 is 70.0 Å². The predicted octanol–water partition coefficient (Wildman–Crippen LogP) is 6.44. The largest absolute Gasteiger partial charge is 0.321 e. The van der Waals surface area contributed by atoms with Crippen LogP contribution in [0.4, 0.5) is 5.69 Å². The fraction of sp³-hybridized carbons (Fsp3) is 0.200. The van der Waals surface area contributed by atoms with Gasteiger partial charge in [-0.1, -0.05) is 73.2 Å². The zero-order valence-electron chi connectivity index (χ0n) is 15.4. The summed E-state index contributed by atoms with van der Waals surface area (Å²) in [6, 6.07) is 9.61. The first-order chi connectivity index (χ1) is 13.0.